The first-order chi connectivity index (χ1) is 14.4. The molecule has 30 heavy (non-hydrogen) atoms. The van der Waals surface area contributed by atoms with E-state index in [1.54, 1.807) is 37.4 Å². The number of nitrogens with zero attached hydrogens (tertiary/aromatic N) is 1. The van der Waals surface area contributed by atoms with E-state index in [1.807, 2.05) is 6.07 Å². The van der Waals surface area contributed by atoms with Crippen molar-refractivity contribution >= 4 is 66.7 Å². The molecule has 1 aromatic heterocycles. The lowest BCUT2D eigenvalue weighted by Crippen LogP contribution is -2.31. The third-order valence-electron chi connectivity index (χ3n) is 4.71. The second-order valence-corrected chi connectivity index (χ2v) is 8.89. The summed E-state index contributed by atoms with van der Waals surface area (Å²) < 4.78 is 12.1. The SMILES string of the molecule is COc1ccc2sc(C(=O)OCCCN3C(=O)c4ccc(Br)cc4C3=O)c(Cl)c2c1. The average Bonchev–Trinajstić information content (AvgIpc) is 3.19. The van der Waals surface area contributed by atoms with Crippen LogP contribution in [0.3, 0.4) is 0 Å². The zero-order valence-corrected chi connectivity index (χ0v) is 18.9. The highest BCUT2D eigenvalue weighted by Crippen LogP contribution is 2.37. The Labute approximate surface area is 189 Å². The molecule has 1 aliphatic heterocycles. The zero-order chi connectivity index (χ0) is 21.4. The van der Waals surface area contributed by atoms with Gasteiger partial charge >= 0.3 is 5.97 Å². The summed E-state index contributed by atoms with van der Waals surface area (Å²) in [6.45, 7) is 0.221. The van der Waals surface area contributed by atoms with Gasteiger partial charge in [0.1, 0.15) is 10.6 Å². The number of halogens is 2. The molecule has 0 N–H and O–H groups in total. The molecule has 0 fully saturated rings. The lowest BCUT2D eigenvalue weighted by Gasteiger charge is -2.13. The summed E-state index contributed by atoms with van der Waals surface area (Å²) in [5.74, 6) is -0.569. The summed E-state index contributed by atoms with van der Waals surface area (Å²) >= 11 is 10.9. The Balaban J connectivity index is 1.37. The van der Waals surface area contributed by atoms with Gasteiger partial charge in [-0.15, -0.1) is 11.3 Å². The van der Waals surface area contributed by atoms with Crippen molar-refractivity contribution in [3.63, 3.8) is 0 Å². The number of fused-ring (bicyclic) bond motifs is 2. The van der Waals surface area contributed by atoms with Crippen molar-refractivity contribution in [1.82, 2.24) is 4.90 Å². The number of amides is 2. The summed E-state index contributed by atoms with van der Waals surface area (Å²) in [4.78, 5) is 38.8. The van der Waals surface area contributed by atoms with Gasteiger partial charge in [-0.05, 0) is 42.8 Å². The van der Waals surface area contributed by atoms with Crippen LogP contribution in [-0.4, -0.2) is 42.9 Å². The summed E-state index contributed by atoms with van der Waals surface area (Å²) in [5.41, 5.74) is 0.756. The number of benzene rings is 2. The van der Waals surface area contributed by atoms with Crippen molar-refractivity contribution in [2.45, 2.75) is 6.42 Å². The Morgan fingerprint density at radius 1 is 1.13 bits per heavy atom. The van der Waals surface area contributed by atoms with Crippen LogP contribution in [0.5, 0.6) is 5.75 Å². The Bertz CT molecular complexity index is 1190. The van der Waals surface area contributed by atoms with Crippen LogP contribution in [-0.2, 0) is 4.74 Å². The number of imide groups is 1. The number of thiophene rings is 1. The van der Waals surface area contributed by atoms with E-state index in [1.165, 1.54) is 16.2 Å². The second-order valence-electron chi connectivity index (χ2n) is 6.55. The van der Waals surface area contributed by atoms with E-state index in [9.17, 15) is 14.4 Å². The number of ether oxygens (including phenoxy) is 2. The van der Waals surface area contributed by atoms with Gasteiger partial charge in [0.15, 0.2) is 0 Å². The normalized spacial score (nSPS) is 13.1. The van der Waals surface area contributed by atoms with Crippen LogP contribution >= 0.6 is 38.9 Å². The lowest BCUT2D eigenvalue weighted by molar-refractivity contribution is 0.0488. The summed E-state index contributed by atoms with van der Waals surface area (Å²) in [6.07, 6.45) is 0.328. The van der Waals surface area contributed by atoms with Gasteiger partial charge < -0.3 is 9.47 Å². The molecule has 0 aliphatic carbocycles. The number of carbonyl (C=O) groups is 3. The van der Waals surface area contributed by atoms with E-state index >= 15 is 0 Å². The number of esters is 1. The van der Waals surface area contributed by atoms with Gasteiger partial charge in [-0.2, -0.15) is 0 Å². The van der Waals surface area contributed by atoms with E-state index in [0.717, 1.165) is 14.6 Å². The van der Waals surface area contributed by atoms with Gasteiger partial charge in [0, 0.05) is 21.1 Å². The molecule has 0 radical (unpaired) electrons. The molecular formula is C21H15BrClNO5S. The summed E-state index contributed by atoms with van der Waals surface area (Å²) in [6, 6.07) is 10.4. The largest absolute Gasteiger partial charge is 0.497 e. The van der Waals surface area contributed by atoms with E-state index in [-0.39, 0.29) is 25.0 Å². The number of hydrogen-bond donors (Lipinski definition) is 0. The fraction of sp³-hybridized carbons (Fsp3) is 0.190. The zero-order valence-electron chi connectivity index (χ0n) is 15.7. The molecule has 4 rings (SSSR count). The predicted octanol–water partition coefficient (Wildman–Crippen LogP) is 5.17. The predicted molar refractivity (Wildman–Crippen MR) is 118 cm³/mol. The molecule has 6 nitrogen and oxygen atoms in total. The first-order valence-corrected chi connectivity index (χ1v) is 11.0. The van der Waals surface area contributed by atoms with Crippen LogP contribution in [0.1, 0.15) is 36.8 Å². The van der Waals surface area contributed by atoms with Crippen molar-refractivity contribution in [2.75, 3.05) is 20.3 Å². The van der Waals surface area contributed by atoms with E-state index in [0.29, 0.717) is 33.2 Å². The van der Waals surface area contributed by atoms with Gasteiger partial charge in [-0.3, -0.25) is 14.5 Å². The molecule has 2 heterocycles. The van der Waals surface area contributed by atoms with Gasteiger partial charge in [0.25, 0.3) is 11.8 Å². The number of carbonyl (C=O) groups excluding carboxylic acids is 3. The van der Waals surface area contributed by atoms with Crippen LogP contribution in [0.4, 0.5) is 0 Å². The molecule has 3 aromatic rings. The highest BCUT2D eigenvalue weighted by atomic mass is 79.9. The standard InChI is InChI=1S/C21H15BrClNO5S/c1-28-12-4-6-16-15(10-12)17(23)18(30-16)21(27)29-8-2-7-24-19(25)13-5-3-11(22)9-14(13)20(24)26/h3-6,9-10H,2,7-8H2,1H3. The van der Waals surface area contributed by atoms with Gasteiger partial charge in [-0.1, -0.05) is 27.5 Å². The molecule has 0 atom stereocenters. The Kier molecular flexibility index (Phi) is 5.81. The minimum Gasteiger partial charge on any atom is -0.497 e. The minimum absolute atomic E-state index is 0.0594. The molecule has 2 aromatic carbocycles. The maximum atomic E-state index is 12.5. The van der Waals surface area contributed by atoms with E-state index in [4.69, 9.17) is 21.1 Å². The van der Waals surface area contributed by atoms with Crippen LogP contribution in [0, 0.1) is 0 Å². The number of methoxy groups -OCH3 is 1. The topological polar surface area (TPSA) is 72.9 Å². The van der Waals surface area contributed by atoms with Crippen LogP contribution in [0.15, 0.2) is 40.9 Å². The molecule has 1 aliphatic rings. The van der Waals surface area contributed by atoms with Gasteiger partial charge in [-0.25, -0.2) is 4.79 Å². The van der Waals surface area contributed by atoms with Crippen molar-refractivity contribution < 1.29 is 23.9 Å². The molecule has 154 valence electrons. The van der Waals surface area contributed by atoms with Gasteiger partial charge in [0.2, 0.25) is 0 Å². The average molecular weight is 509 g/mol. The Hall–Kier alpha value is -2.42. The summed E-state index contributed by atoms with van der Waals surface area (Å²) in [7, 11) is 1.56. The maximum Gasteiger partial charge on any atom is 0.349 e. The fourth-order valence-corrected chi connectivity index (χ4v) is 4.96. The van der Waals surface area contributed by atoms with Crippen molar-refractivity contribution in [3.8, 4) is 5.75 Å². The van der Waals surface area contributed by atoms with Crippen LogP contribution < -0.4 is 4.74 Å². The summed E-state index contributed by atoms with van der Waals surface area (Å²) in [5, 5.41) is 1.05. The second kappa shape index (κ2) is 8.37. The lowest BCUT2D eigenvalue weighted by atomic mass is 10.1. The molecule has 2 amide bonds. The smallest absolute Gasteiger partial charge is 0.349 e. The molecule has 9 heteroatoms. The Morgan fingerprint density at radius 2 is 1.90 bits per heavy atom. The number of rotatable bonds is 6. The van der Waals surface area contributed by atoms with Crippen molar-refractivity contribution in [2.24, 2.45) is 0 Å². The van der Waals surface area contributed by atoms with Crippen molar-refractivity contribution in [1.29, 1.82) is 0 Å². The highest BCUT2D eigenvalue weighted by Gasteiger charge is 2.35. The van der Waals surface area contributed by atoms with E-state index < -0.39 is 5.97 Å². The molecule has 0 saturated heterocycles. The monoisotopic (exact) mass is 507 g/mol. The fourth-order valence-electron chi connectivity index (χ4n) is 3.22. The molecular weight excluding hydrogens is 494 g/mol. The molecule has 0 bridgehead atoms. The quantitative estimate of drug-likeness (QED) is 0.261. The Morgan fingerprint density at radius 3 is 2.67 bits per heavy atom. The minimum atomic E-state index is -0.536. The third kappa shape index (κ3) is 3.71. The maximum absolute atomic E-state index is 12.5. The first-order valence-electron chi connectivity index (χ1n) is 8.99. The van der Waals surface area contributed by atoms with Crippen LogP contribution in [0.2, 0.25) is 5.02 Å². The molecule has 0 unspecified atom stereocenters. The van der Waals surface area contributed by atoms with Crippen molar-refractivity contribution in [3.05, 3.63) is 61.9 Å². The van der Waals surface area contributed by atoms with Crippen LogP contribution in [0.25, 0.3) is 10.1 Å². The molecule has 0 spiro atoms. The van der Waals surface area contributed by atoms with E-state index in [2.05, 4.69) is 15.9 Å². The third-order valence-corrected chi connectivity index (χ3v) is 6.86. The molecule has 0 saturated carbocycles. The first kappa shape index (κ1) is 20.8. The highest BCUT2D eigenvalue weighted by molar-refractivity contribution is 9.10. The number of hydrogen-bond acceptors (Lipinski definition) is 6. The van der Waals surface area contributed by atoms with Gasteiger partial charge in [0.05, 0.1) is 29.9 Å².